The van der Waals surface area contributed by atoms with Gasteiger partial charge in [-0.3, -0.25) is 4.79 Å². The van der Waals surface area contributed by atoms with Gasteiger partial charge in [0.25, 0.3) is 5.91 Å². The maximum atomic E-state index is 12.1. The second kappa shape index (κ2) is 7.24. The van der Waals surface area contributed by atoms with Crippen LogP contribution in [-0.2, 0) is 0 Å². The van der Waals surface area contributed by atoms with Crippen LogP contribution < -0.4 is 11.1 Å². The zero-order valence-electron chi connectivity index (χ0n) is 13.1. The topological polar surface area (TPSA) is 71.2 Å². The Morgan fingerprint density at radius 2 is 2.00 bits per heavy atom. The Morgan fingerprint density at radius 1 is 1.35 bits per heavy atom. The van der Waals surface area contributed by atoms with Gasteiger partial charge in [0.1, 0.15) is 5.82 Å². The number of pyridine rings is 1. The molecule has 112 valence electrons. The number of nitrogens with two attached hydrogens (primary N) is 1. The number of likely N-dealkylation sites (N-methyl/N-ethyl adjacent to an activating group) is 1. The van der Waals surface area contributed by atoms with E-state index < -0.39 is 0 Å². The first kappa shape index (κ1) is 16.4. The summed E-state index contributed by atoms with van der Waals surface area (Å²) < 4.78 is 0. The van der Waals surface area contributed by atoms with Crippen molar-refractivity contribution in [1.29, 1.82) is 0 Å². The van der Waals surface area contributed by atoms with Crippen molar-refractivity contribution in [3.05, 3.63) is 23.4 Å². The number of carbonyl (C=O) groups is 1. The number of rotatable bonds is 6. The van der Waals surface area contributed by atoms with Crippen LogP contribution in [-0.4, -0.2) is 42.0 Å². The van der Waals surface area contributed by atoms with Crippen LogP contribution in [0.4, 0.5) is 5.82 Å². The minimum atomic E-state index is -0.0989. The maximum absolute atomic E-state index is 12.1. The molecule has 1 rings (SSSR count). The largest absolute Gasteiger partial charge is 0.384 e. The SMILES string of the molecule is CC(C)c1cc(C(=O)NCCN(C)C(C)C)cc(N)n1. The molecule has 5 nitrogen and oxygen atoms in total. The number of hydrogen-bond acceptors (Lipinski definition) is 4. The summed E-state index contributed by atoms with van der Waals surface area (Å²) in [7, 11) is 2.04. The summed E-state index contributed by atoms with van der Waals surface area (Å²) in [6.45, 7) is 9.75. The first-order valence-electron chi connectivity index (χ1n) is 7.07. The Hall–Kier alpha value is -1.62. The van der Waals surface area contributed by atoms with E-state index in [2.05, 4.69) is 29.0 Å². The molecule has 0 radical (unpaired) electrons. The molecule has 0 aliphatic heterocycles. The van der Waals surface area contributed by atoms with Crippen molar-refractivity contribution in [1.82, 2.24) is 15.2 Å². The Labute approximate surface area is 121 Å². The van der Waals surface area contributed by atoms with Crippen molar-refractivity contribution in [3.63, 3.8) is 0 Å². The standard InChI is InChI=1S/C15H26N4O/c1-10(2)13-8-12(9-14(16)18-13)15(20)17-6-7-19(5)11(3)4/h8-11H,6-7H2,1-5H3,(H2,16,18)(H,17,20). The van der Waals surface area contributed by atoms with Crippen molar-refractivity contribution >= 4 is 11.7 Å². The molecule has 1 amide bonds. The van der Waals surface area contributed by atoms with Gasteiger partial charge in [0.05, 0.1) is 0 Å². The minimum Gasteiger partial charge on any atom is -0.384 e. The van der Waals surface area contributed by atoms with Gasteiger partial charge in [-0.2, -0.15) is 0 Å². The van der Waals surface area contributed by atoms with Crippen LogP contribution >= 0.6 is 0 Å². The fourth-order valence-corrected chi connectivity index (χ4v) is 1.71. The van der Waals surface area contributed by atoms with Gasteiger partial charge >= 0.3 is 0 Å². The molecule has 0 spiro atoms. The van der Waals surface area contributed by atoms with Crippen LogP contribution in [0.15, 0.2) is 12.1 Å². The molecule has 0 unspecified atom stereocenters. The molecule has 0 aliphatic rings. The molecule has 1 aromatic heterocycles. The van der Waals surface area contributed by atoms with Gasteiger partial charge in [0.2, 0.25) is 0 Å². The third kappa shape index (κ3) is 4.81. The van der Waals surface area contributed by atoms with Crippen molar-refractivity contribution in [3.8, 4) is 0 Å². The molecule has 0 saturated heterocycles. The predicted molar refractivity (Wildman–Crippen MR) is 82.8 cm³/mol. The number of carbonyl (C=O) groups excluding carboxylic acids is 1. The monoisotopic (exact) mass is 278 g/mol. The van der Waals surface area contributed by atoms with Gasteiger partial charge in [-0.15, -0.1) is 0 Å². The van der Waals surface area contributed by atoms with E-state index in [9.17, 15) is 4.79 Å². The van der Waals surface area contributed by atoms with Gasteiger partial charge in [0.15, 0.2) is 0 Å². The summed E-state index contributed by atoms with van der Waals surface area (Å²) >= 11 is 0. The highest BCUT2D eigenvalue weighted by Gasteiger charge is 2.11. The van der Waals surface area contributed by atoms with Crippen LogP contribution in [0.2, 0.25) is 0 Å². The zero-order valence-corrected chi connectivity index (χ0v) is 13.1. The lowest BCUT2D eigenvalue weighted by Gasteiger charge is -2.20. The van der Waals surface area contributed by atoms with Gasteiger partial charge in [-0.05, 0) is 38.9 Å². The van der Waals surface area contributed by atoms with E-state index in [1.165, 1.54) is 0 Å². The molecular formula is C15H26N4O. The highest BCUT2D eigenvalue weighted by molar-refractivity contribution is 5.94. The van der Waals surface area contributed by atoms with Crippen molar-refractivity contribution in [2.45, 2.75) is 39.7 Å². The molecule has 3 N–H and O–H groups in total. The molecule has 0 aliphatic carbocycles. The van der Waals surface area contributed by atoms with Crippen molar-refractivity contribution < 1.29 is 4.79 Å². The maximum Gasteiger partial charge on any atom is 0.251 e. The van der Waals surface area contributed by atoms with Gasteiger partial charge < -0.3 is 16.0 Å². The highest BCUT2D eigenvalue weighted by Crippen LogP contribution is 2.15. The summed E-state index contributed by atoms with van der Waals surface area (Å²) in [6.07, 6.45) is 0. The quantitative estimate of drug-likeness (QED) is 0.833. The molecule has 20 heavy (non-hydrogen) atoms. The van der Waals surface area contributed by atoms with Crippen molar-refractivity contribution in [2.24, 2.45) is 0 Å². The molecular weight excluding hydrogens is 252 g/mol. The van der Waals surface area contributed by atoms with E-state index in [0.717, 1.165) is 12.2 Å². The Bertz CT molecular complexity index is 457. The van der Waals surface area contributed by atoms with Gasteiger partial charge in [0, 0.05) is 30.4 Å². The number of aromatic nitrogens is 1. The summed E-state index contributed by atoms with van der Waals surface area (Å²) in [5.74, 6) is 0.538. The molecule has 0 saturated carbocycles. The molecule has 0 aromatic carbocycles. The molecule has 5 heteroatoms. The number of amides is 1. The Balaban J connectivity index is 2.64. The predicted octanol–water partition coefficient (Wildman–Crippen LogP) is 1.86. The number of nitrogens with zero attached hydrogens (tertiary/aromatic N) is 2. The van der Waals surface area contributed by atoms with Crippen molar-refractivity contribution in [2.75, 3.05) is 25.9 Å². The fraction of sp³-hybridized carbons (Fsp3) is 0.600. The summed E-state index contributed by atoms with van der Waals surface area (Å²) in [4.78, 5) is 18.5. The first-order valence-corrected chi connectivity index (χ1v) is 7.07. The van der Waals surface area contributed by atoms with Crippen LogP contribution in [0.1, 0.15) is 49.7 Å². The Kier molecular flexibility index (Phi) is 5.95. The third-order valence-electron chi connectivity index (χ3n) is 3.35. The molecule has 0 fully saturated rings. The van der Waals surface area contributed by atoms with Gasteiger partial charge in [-0.25, -0.2) is 4.98 Å². The van der Waals surface area contributed by atoms with Crippen LogP contribution in [0, 0.1) is 0 Å². The fourth-order valence-electron chi connectivity index (χ4n) is 1.71. The number of nitrogen functional groups attached to an aromatic ring is 1. The average molecular weight is 278 g/mol. The summed E-state index contributed by atoms with van der Waals surface area (Å²) in [6, 6.07) is 3.90. The van der Waals surface area contributed by atoms with Crippen LogP contribution in [0.3, 0.4) is 0 Å². The van der Waals surface area contributed by atoms with Crippen LogP contribution in [0.25, 0.3) is 0 Å². The zero-order chi connectivity index (χ0) is 15.3. The first-order chi connectivity index (χ1) is 9.31. The summed E-state index contributed by atoms with van der Waals surface area (Å²) in [5.41, 5.74) is 7.17. The third-order valence-corrected chi connectivity index (χ3v) is 3.35. The summed E-state index contributed by atoms with van der Waals surface area (Å²) in [5, 5.41) is 2.91. The van der Waals surface area contributed by atoms with E-state index in [4.69, 9.17) is 5.73 Å². The van der Waals surface area contributed by atoms with E-state index in [1.54, 1.807) is 6.07 Å². The minimum absolute atomic E-state index is 0.0989. The second-order valence-corrected chi connectivity index (χ2v) is 5.69. The molecule has 0 atom stereocenters. The van der Waals surface area contributed by atoms with Crippen LogP contribution in [0.5, 0.6) is 0 Å². The number of anilines is 1. The molecule has 0 bridgehead atoms. The van der Waals surface area contributed by atoms with E-state index in [1.807, 2.05) is 27.0 Å². The number of nitrogens with one attached hydrogen (secondary N) is 1. The lowest BCUT2D eigenvalue weighted by molar-refractivity contribution is 0.0948. The Morgan fingerprint density at radius 3 is 2.55 bits per heavy atom. The smallest absolute Gasteiger partial charge is 0.251 e. The van der Waals surface area contributed by atoms with E-state index in [0.29, 0.717) is 24.0 Å². The average Bonchev–Trinajstić information content (AvgIpc) is 2.37. The van der Waals surface area contributed by atoms with Gasteiger partial charge in [-0.1, -0.05) is 13.8 Å². The molecule has 1 aromatic rings. The second-order valence-electron chi connectivity index (χ2n) is 5.69. The lowest BCUT2D eigenvalue weighted by Crippen LogP contribution is -2.36. The van der Waals surface area contributed by atoms with E-state index in [-0.39, 0.29) is 11.8 Å². The number of hydrogen-bond donors (Lipinski definition) is 2. The normalized spacial score (nSPS) is 11.4. The van der Waals surface area contributed by atoms with E-state index >= 15 is 0 Å². The highest BCUT2D eigenvalue weighted by atomic mass is 16.1. The molecule has 1 heterocycles. The lowest BCUT2D eigenvalue weighted by atomic mass is 10.1.